The van der Waals surface area contributed by atoms with Crippen molar-refractivity contribution in [2.75, 3.05) is 14.2 Å². The van der Waals surface area contributed by atoms with E-state index in [2.05, 4.69) is 20.9 Å². The second-order valence-corrected chi connectivity index (χ2v) is 4.99. The molecule has 0 fully saturated rings. The van der Waals surface area contributed by atoms with Crippen molar-refractivity contribution in [3.8, 4) is 0 Å². The maximum atomic E-state index is 13.0. The lowest BCUT2D eigenvalue weighted by molar-refractivity contribution is -0.149. The predicted molar refractivity (Wildman–Crippen MR) is 63.3 cm³/mol. The number of ether oxygens (including phenoxy) is 2. The van der Waals surface area contributed by atoms with Gasteiger partial charge in [0.1, 0.15) is 5.69 Å². The van der Waals surface area contributed by atoms with Crippen LogP contribution in [0.2, 0.25) is 0 Å². The molecule has 0 unspecified atom stereocenters. The number of pyridine rings is 1. The fourth-order valence-corrected chi connectivity index (χ4v) is 1.69. The van der Waals surface area contributed by atoms with Gasteiger partial charge in [0.2, 0.25) is 6.29 Å². The largest absolute Gasteiger partial charge is 0.418 e. The Morgan fingerprint density at radius 2 is 1.83 bits per heavy atom. The molecule has 0 amide bonds. The van der Waals surface area contributed by atoms with Gasteiger partial charge in [0, 0.05) is 25.2 Å². The average molecular weight is 328 g/mol. The molecule has 3 nitrogen and oxygen atoms in total. The van der Waals surface area contributed by atoms with E-state index < -0.39 is 18.0 Å². The first-order valence-electron chi connectivity index (χ1n) is 5.08. The lowest BCUT2D eigenvalue weighted by atomic mass is 10.1. The van der Waals surface area contributed by atoms with Crippen LogP contribution in [0.4, 0.5) is 13.2 Å². The third-order valence-corrected chi connectivity index (χ3v) is 2.88. The minimum atomic E-state index is -4.50. The Morgan fingerprint density at radius 3 is 2.22 bits per heavy atom. The highest BCUT2D eigenvalue weighted by molar-refractivity contribution is 9.09. The predicted octanol–water partition coefficient (Wildman–Crippen LogP) is 3.85. The van der Waals surface area contributed by atoms with Crippen LogP contribution in [0, 0.1) is 0 Å². The Morgan fingerprint density at radius 1 is 1.28 bits per heavy atom. The van der Waals surface area contributed by atoms with Crippen molar-refractivity contribution < 1.29 is 22.6 Å². The molecule has 1 heterocycles. The number of hydrogen-bond acceptors (Lipinski definition) is 3. The summed E-state index contributed by atoms with van der Waals surface area (Å²) in [5.41, 5.74) is -0.679. The third-order valence-electron chi connectivity index (χ3n) is 2.36. The normalized spacial score (nSPS) is 14.0. The van der Waals surface area contributed by atoms with Gasteiger partial charge in [-0.1, -0.05) is 15.9 Å². The van der Waals surface area contributed by atoms with Gasteiger partial charge >= 0.3 is 6.18 Å². The van der Waals surface area contributed by atoms with Gasteiger partial charge in [-0.05, 0) is 18.6 Å². The van der Waals surface area contributed by atoms with Crippen molar-refractivity contribution in [3.63, 3.8) is 0 Å². The van der Waals surface area contributed by atoms with E-state index >= 15 is 0 Å². The molecule has 1 atom stereocenters. The van der Waals surface area contributed by atoms with E-state index in [0.29, 0.717) is 5.56 Å². The number of halogens is 4. The quantitative estimate of drug-likeness (QED) is 0.621. The first-order chi connectivity index (χ1) is 8.31. The number of rotatable bonds is 4. The SMILES string of the molecule is COC(OC)c1ncc([C@@H](C)Br)cc1C(F)(F)F. The van der Waals surface area contributed by atoms with E-state index in [4.69, 9.17) is 9.47 Å². The van der Waals surface area contributed by atoms with Crippen LogP contribution in [-0.4, -0.2) is 19.2 Å². The molecule has 1 aromatic heterocycles. The Kier molecular flexibility index (Phi) is 5.12. The van der Waals surface area contributed by atoms with Crippen LogP contribution >= 0.6 is 15.9 Å². The molecule has 0 saturated carbocycles. The number of nitrogens with zero attached hydrogens (tertiary/aromatic N) is 1. The average Bonchev–Trinajstić information content (AvgIpc) is 2.29. The van der Waals surface area contributed by atoms with E-state index in [-0.39, 0.29) is 10.5 Å². The molecule has 18 heavy (non-hydrogen) atoms. The highest BCUT2D eigenvalue weighted by Gasteiger charge is 2.37. The Balaban J connectivity index is 3.34. The number of alkyl halides is 4. The second kappa shape index (κ2) is 5.99. The van der Waals surface area contributed by atoms with Crippen LogP contribution in [0.5, 0.6) is 0 Å². The summed E-state index contributed by atoms with van der Waals surface area (Å²) >= 11 is 3.21. The summed E-state index contributed by atoms with van der Waals surface area (Å²) in [5.74, 6) is 0. The van der Waals surface area contributed by atoms with Crippen molar-refractivity contribution in [2.24, 2.45) is 0 Å². The van der Waals surface area contributed by atoms with Crippen LogP contribution in [0.3, 0.4) is 0 Å². The van der Waals surface area contributed by atoms with Crippen molar-refractivity contribution >= 4 is 15.9 Å². The van der Waals surface area contributed by atoms with Gasteiger partial charge < -0.3 is 9.47 Å². The van der Waals surface area contributed by atoms with Crippen LogP contribution in [0.1, 0.15) is 34.9 Å². The highest BCUT2D eigenvalue weighted by Crippen LogP contribution is 2.36. The van der Waals surface area contributed by atoms with E-state index in [9.17, 15) is 13.2 Å². The molecular formula is C11H13BrF3NO2. The zero-order chi connectivity index (χ0) is 13.9. The van der Waals surface area contributed by atoms with Crippen molar-refractivity contribution in [2.45, 2.75) is 24.2 Å². The van der Waals surface area contributed by atoms with Crippen molar-refractivity contribution in [1.82, 2.24) is 4.98 Å². The molecule has 0 N–H and O–H groups in total. The van der Waals surface area contributed by atoms with E-state index in [1.165, 1.54) is 20.4 Å². The second-order valence-electron chi connectivity index (χ2n) is 3.62. The zero-order valence-electron chi connectivity index (χ0n) is 10.1. The van der Waals surface area contributed by atoms with E-state index in [1.807, 2.05) is 0 Å². The van der Waals surface area contributed by atoms with E-state index in [1.54, 1.807) is 6.92 Å². The summed E-state index contributed by atoms with van der Waals surface area (Å²) in [7, 11) is 2.52. The summed E-state index contributed by atoms with van der Waals surface area (Å²) in [6.07, 6.45) is -4.27. The van der Waals surface area contributed by atoms with Gasteiger partial charge in [0.15, 0.2) is 0 Å². The Hall–Kier alpha value is -0.660. The van der Waals surface area contributed by atoms with E-state index in [0.717, 1.165) is 6.07 Å². The van der Waals surface area contributed by atoms with Gasteiger partial charge in [-0.2, -0.15) is 13.2 Å². The summed E-state index contributed by atoms with van der Waals surface area (Å²) in [5, 5.41) is 0. The topological polar surface area (TPSA) is 31.4 Å². The number of aromatic nitrogens is 1. The van der Waals surface area contributed by atoms with Gasteiger partial charge in [-0.15, -0.1) is 0 Å². The molecule has 0 saturated heterocycles. The van der Waals surface area contributed by atoms with Crippen LogP contribution in [-0.2, 0) is 15.7 Å². The summed E-state index contributed by atoms with van der Waals surface area (Å²) in [6, 6.07) is 1.05. The fraction of sp³-hybridized carbons (Fsp3) is 0.545. The molecular weight excluding hydrogens is 315 g/mol. The first kappa shape index (κ1) is 15.4. The molecule has 0 radical (unpaired) electrons. The van der Waals surface area contributed by atoms with Gasteiger partial charge in [-0.3, -0.25) is 4.98 Å². The van der Waals surface area contributed by atoms with Crippen LogP contribution in [0.25, 0.3) is 0 Å². The highest BCUT2D eigenvalue weighted by atomic mass is 79.9. The minimum Gasteiger partial charge on any atom is -0.350 e. The van der Waals surface area contributed by atoms with Gasteiger partial charge in [0.25, 0.3) is 0 Å². The number of hydrogen-bond donors (Lipinski definition) is 0. The molecule has 0 bridgehead atoms. The Bertz CT molecular complexity index is 406. The van der Waals surface area contributed by atoms with Gasteiger partial charge in [0.05, 0.1) is 5.56 Å². The standard InChI is InChI=1S/C11H13BrF3NO2/c1-6(12)7-4-8(11(13,14)15)9(16-5-7)10(17-2)18-3/h4-6,10H,1-3H3/t6-/m1/s1. The monoisotopic (exact) mass is 327 g/mol. The summed E-state index contributed by atoms with van der Waals surface area (Å²) < 4.78 is 48.5. The molecule has 102 valence electrons. The molecule has 7 heteroatoms. The maximum Gasteiger partial charge on any atom is 0.418 e. The number of methoxy groups -OCH3 is 2. The fourth-order valence-electron chi connectivity index (χ4n) is 1.44. The zero-order valence-corrected chi connectivity index (χ0v) is 11.7. The minimum absolute atomic E-state index is 0.219. The molecule has 1 aromatic rings. The molecule has 0 aliphatic heterocycles. The van der Waals surface area contributed by atoms with Crippen LogP contribution in [0.15, 0.2) is 12.3 Å². The lowest BCUT2D eigenvalue weighted by Gasteiger charge is -2.19. The summed E-state index contributed by atoms with van der Waals surface area (Å²) in [6.45, 7) is 1.72. The van der Waals surface area contributed by atoms with Crippen molar-refractivity contribution in [1.29, 1.82) is 0 Å². The Labute approximate surface area is 111 Å². The lowest BCUT2D eigenvalue weighted by Crippen LogP contribution is -2.17. The smallest absolute Gasteiger partial charge is 0.350 e. The maximum absolute atomic E-state index is 13.0. The van der Waals surface area contributed by atoms with Crippen LogP contribution < -0.4 is 0 Å². The molecule has 0 aliphatic carbocycles. The molecule has 0 aliphatic rings. The molecule has 1 rings (SSSR count). The third kappa shape index (κ3) is 3.43. The van der Waals surface area contributed by atoms with Crippen molar-refractivity contribution in [3.05, 3.63) is 29.1 Å². The van der Waals surface area contributed by atoms with Gasteiger partial charge in [-0.25, -0.2) is 0 Å². The first-order valence-corrected chi connectivity index (χ1v) is 5.99. The molecule has 0 aromatic carbocycles. The molecule has 0 spiro atoms. The summed E-state index contributed by atoms with van der Waals surface area (Å²) in [4.78, 5) is 3.59.